The predicted molar refractivity (Wildman–Crippen MR) is 46.3 cm³/mol. The molecule has 0 rings (SSSR count). The number of hydrogen-bond acceptors (Lipinski definition) is 1. The van der Waals surface area contributed by atoms with Gasteiger partial charge in [-0.1, -0.05) is 29.8 Å². The highest BCUT2D eigenvalue weighted by Crippen LogP contribution is 1.95. The highest BCUT2D eigenvalue weighted by molar-refractivity contribution is 9.09. The van der Waals surface area contributed by atoms with Crippen LogP contribution in [0.5, 0.6) is 0 Å². The molecule has 0 atom stereocenters. The van der Waals surface area contributed by atoms with Crippen LogP contribution in [-0.4, -0.2) is 17.3 Å². The van der Waals surface area contributed by atoms with Crippen molar-refractivity contribution in [3.63, 3.8) is 0 Å². The smallest absolute Gasteiger partial charge is 0.230 e. The third-order valence-corrected chi connectivity index (χ3v) is 1.98. The van der Waals surface area contributed by atoms with E-state index in [4.69, 9.17) is 0 Å². The summed E-state index contributed by atoms with van der Waals surface area (Å²) in [6.45, 7) is 4.14. The zero-order valence-corrected chi connectivity index (χ0v) is 8.07. The van der Waals surface area contributed by atoms with E-state index in [9.17, 15) is 4.79 Å². The number of rotatable bonds is 4. The Labute approximate surface area is 70.5 Å². The van der Waals surface area contributed by atoms with Crippen LogP contribution in [0.1, 0.15) is 26.7 Å². The molecule has 2 nitrogen and oxygen atoms in total. The number of hydrogen-bond donors (Lipinski definition) is 1. The van der Waals surface area contributed by atoms with E-state index in [0.29, 0.717) is 11.4 Å². The minimum absolute atomic E-state index is 0.0775. The summed E-state index contributed by atoms with van der Waals surface area (Å²) in [7, 11) is 0. The lowest BCUT2D eigenvalue weighted by atomic mass is 10.2. The molecule has 0 aromatic heterocycles. The first-order chi connectivity index (χ1) is 4.74. The molecule has 60 valence electrons. The Hall–Kier alpha value is -0.0500. The molecule has 0 aromatic rings. The van der Waals surface area contributed by atoms with Crippen LogP contribution in [0.3, 0.4) is 0 Å². The second kappa shape index (κ2) is 5.71. The van der Waals surface area contributed by atoms with Gasteiger partial charge >= 0.3 is 0 Å². The average Bonchev–Trinajstić information content (AvgIpc) is 1.99. The van der Waals surface area contributed by atoms with Crippen molar-refractivity contribution in [1.29, 1.82) is 0 Å². The first-order valence-electron chi connectivity index (χ1n) is 3.59. The van der Waals surface area contributed by atoms with Gasteiger partial charge in [0.2, 0.25) is 5.91 Å². The Kier molecular flexibility index (Phi) is 5.69. The Balaban J connectivity index is 3.52. The van der Waals surface area contributed by atoms with E-state index in [-0.39, 0.29) is 5.91 Å². The van der Waals surface area contributed by atoms with Gasteiger partial charge in [0.1, 0.15) is 0 Å². The molecule has 0 unspecified atom stereocenters. The van der Waals surface area contributed by atoms with Crippen molar-refractivity contribution in [1.82, 2.24) is 5.32 Å². The van der Waals surface area contributed by atoms with Crippen LogP contribution >= 0.6 is 15.9 Å². The van der Waals surface area contributed by atoms with E-state index < -0.39 is 0 Å². The fourth-order valence-electron chi connectivity index (χ4n) is 0.759. The molecule has 0 aromatic carbocycles. The molecule has 1 amide bonds. The molecule has 0 radical (unpaired) electrons. The van der Waals surface area contributed by atoms with Crippen molar-refractivity contribution < 1.29 is 4.79 Å². The van der Waals surface area contributed by atoms with Gasteiger partial charge in [0.05, 0.1) is 5.33 Å². The maximum absolute atomic E-state index is 10.8. The van der Waals surface area contributed by atoms with Crippen LogP contribution in [0.2, 0.25) is 0 Å². The zero-order valence-electron chi connectivity index (χ0n) is 6.48. The fourth-order valence-corrected chi connectivity index (χ4v) is 0.921. The molecule has 0 aliphatic rings. The molecule has 0 aliphatic carbocycles. The number of carbonyl (C=O) groups is 1. The van der Waals surface area contributed by atoms with Crippen molar-refractivity contribution in [2.24, 2.45) is 0 Å². The van der Waals surface area contributed by atoms with E-state index in [1.807, 2.05) is 0 Å². The maximum atomic E-state index is 10.8. The molecule has 0 fully saturated rings. The predicted octanol–water partition coefficient (Wildman–Crippen LogP) is 1.69. The van der Waals surface area contributed by atoms with Crippen molar-refractivity contribution in [2.75, 3.05) is 5.33 Å². The van der Waals surface area contributed by atoms with Gasteiger partial charge in [-0.3, -0.25) is 4.79 Å². The Morgan fingerprint density at radius 2 is 2.00 bits per heavy atom. The molecule has 0 saturated heterocycles. The van der Waals surface area contributed by atoms with Crippen LogP contribution in [0.15, 0.2) is 0 Å². The van der Waals surface area contributed by atoms with Gasteiger partial charge in [0.25, 0.3) is 0 Å². The molecule has 0 bridgehead atoms. The number of amides is 1. The number of nitrogens with one attached hydrogen (secondary N) is 1. The summed E-state index contributed by atoms with van der Waals surface area (Å²) < 4.78 is 0. The summed E-state index contributed by atoms with van der Waals surface area (Å²) in [6, 6.07) is 0.352. The SMILES string of the molecule is CCC(CC)NC(=O)CBr. The largest absolute Gasteiger partial charge is 0.353 e. The highest BCUT2D eigenvalue weighted by Gasteiger charge is 2.05. The number of alkyl halides is 1. The first-order valence-corrected chi connectivity index (χ1v) is 4.72. The molecule has 0 spiro atoms. The highest BCUT2D eigenvalue weighted by atomic mass is 79.9. The van der Waals surface area contributed by atoms with Gasteiger partial charge in [-0.15, -0.1) is 0 Å². The van der Waals surface area contributed by atoms with E-state index in [0.717, 1.165) is 12.8 Å². The van der Waals surface area contributed by atoms with Gasteiger partial charge in [-0.25, -0.2) is 0 Å². The van der Waals surface area contributed by atoms with Crippen LogP contribution in [0, 0.1) is 0 Å². The zero-order chi connectivity index (χ0) is 7.98. The van der Waals surface area contributed by atoms with Gasteiger partial charge in [0, 0.05) is 6.04 Å². The number of halogens is 1. The summed E-state index contributed by atoms with van der Waals surface area (Å²) in [6.07, 6.45) is 2.02. The standard InChI is InChI=1S/C7H14BrNO/c1-3-6(4-2)9-7(10)5-8/h6H,3-5H2,1-2H3,(H,9,10). The first kappa shape index (κ1) is 9.95. The van der Waals surface area contributed by atoms with E-state index in [1.165, 1.54) is 0 Å². The molecule has 10 heavy (non-hydrogen) atoms. The second-order valence-corrected chi connectivity index (χ2v) is 2.78. The summed E-state index contributed by atoms with van der Waals surface area (Å²) in [5.74, 6) is 0.0775. The molecule has 3 heteroatoms. The normalized spacial score (nSPS) is 10.0. The van der Waals surface area contributed by atoms with Crippen LogP contribution in [0.25, 0.3) is 0 Å². The molecule has 0 heterocycles. The molecule has 1 N–H and O–H groups in total. The Morgan fingerprint density at radius 3 is 2.30 bits per heavy atom. The van der Waals surface area contributed by atoms with Crippen molar-refractivity contribution in [3.8, 4) is 0 Å². The second-order valence-electron chi connectivity index (χ2n) is 2.21. The molecule has 0 aliphatic heterocycles. The van der Waals surface area contributed by atoms with Gasteiger partial charge < -0.3 is 5.32 Å². The fraction of sp³-hybridized carbons (Fsp3) is 0.857. The summed E-state index contributed by atoms with van der Waals surface area (Å²) >= 11 is 3.09. The Bertz CT molecular complexity index is 102. The van der Waals surface area contributed by atoms with Crippen LogP contribution in [0.4, 0.5) is 0 Å². The van der Waals surface area contributed by atoms with E-state index >= 15 is 0 Å². The average molecular weight is 208 g/mol. The monoisotopic (exact) mass is 207 g/mol. The quantitative estimate of drug-likeness (QED) is 0.699. The molecular weight excluding hydrogens is 194 g/mol. The minimum Gasteiger partial charge on any atom is -0.353 e. The number of carbonyl (C=O) groups excluding carboxylic acids is 1. The van der Waals surface area contributed by atoms with E-state index in [2.05, 4.69) is 35.1 Å². The lowest BCUT2D eigenvalue weighted by molar-refractivity contribution is -0.119. The third-order valence-electron chi connectivity index (χ3n) is 1.47. The summed E-state index contributed by atoms with van der Waals surface area (Å²) in [5, 5.41) is 3.29. The summed E-state index contributed by atoms with van der Waals surface area (Å²) in [5.41, 5.74) is 0. The Morgan fingerprint density at radius 1 is 1.50 bits per heavy atom. The van der Waals surface area contributed by atoms with Gasteiger partial charge in [-0.2, -0.15) is 0 Å². The maximum Gasteiger partial charge on any atom is 0.230 e. The molecular formula is C7H14BrNO. The molecule has 0 saturated carbocycles. The van der Waals surface area contributed by atoms with Gasteiger partial charge in [-0.05, 0) is 12.8 Å². The summed E-state index contributed by atoms with van der Waals surface area (Å²) in [4.78, 5) is 10.8. The van der Waals surface area contributed by atoms with E-state index in [1.54, 1.807) is 0 Å². The van der Waals surface area contributed by atoms with Gasteiger partial charge in [0.15, 0.2) is 0 Å². The van der Waals surface area contributed by atoms with Crippen LogP contribution in [-0.2, 0) is 4.79 Å². The topological polar surface area (TPSA) is 29.1 Å². The lowest BCUT2D eigenvalue weighted by Gasteiger charge is -2.12. The lowest BCUT2D eigenvalue weighted by Crippen LogP contribution is -2.34. The third kappa shape index (κ3) is 3.88. The van der Waals surface area contributed by atoms with Crippen molar-refractivity contribution >= 4 is 21.8 Å². The van der Waals surface area contributed by atoms with Crippen molar-refractivity contribution in [2.45, 2.75) is 32.7 Å². The van der Waals surface area contributed by atoms with Crippen molar-refractivity contribution in [3.05, 3.63) is 0 Å². The minimum atomic E-state index is 0.0775. The van der Waals surface area contributed by atoms with Crippen LogP contribution < -0.4 is 5.32 Å².